The van der Waals surface area contributed by atoms with Crippen molar-refractivity contribution in [1.29, 1.82) is 0 Å². The van der Waals surface area contributed by atoms with Crippen LogP contribution in [-0.4, -0.2) is 46.9 Å². The summed E-state index contributed by atoms with van der Waals surface area (Å²) < 4.78 is 0. The minimum absolute atomic E-state index is 0.00240. The van der Waals surface area contributed by atoms with E-state index in [4.69, 9.17) is 0 Å². The normalized spacial score (nSPS) is 21.8. The van der Waals surface area contributed by atoms with E-state index in [0.29, 0.717) is 6.54 Å². The molecule has 3 aliphatic heterocycles. The van der Waals surface area contributed by atoms with Gasteiger partial charge in [-0.2, -0.15) is 0 Å². The second kappa shape index (κ2) is 7.32. The third-order valence-electron chi connectivity index (χ3n) is 8.10. The van der Waals surface area contributed by atoms with Crippen LogP contribution in [0.5, 0.6) is 0 Å². The number of nitrogens with one attached hydrogen (secondary N) is 1. The van der Waals surface area contributed by atoms with E-state index in [-0.39, 0.29) is 28.7 Å². The van der Waals surface area contributed by atoms with Crippen LogP contribution in [0.25, 0.3) is 0 Å². The molecule has 0 bridgehead atoms. The van der Waals surface area contributed by atoms with E-state index in [0.717, 1.165) is 67.3 Å². The molecule has 4 heterocycles. The third kappa shape index (κ3) is 3.21. The molecule has 6 rings (SSSR count). The van der Waals surface area contributed by atoms with Gasteiger partial charge in [-0.1, -0.05) is 26.5 Å². The van der Waals surface area contributed by atoms with Gasteiger partial charge in [0.2, 0.25) is 11.8 Å². The van der Waals surface area contributed by atoms with Crippen molar-refractivity contribution in [3.63, 3.8) is 0 Å². The van der Waals surface area contributed by atoms with Crippen molar-refractivity contribution < 1.29 is 9.59 Å². The van der Waals surface area contributed by atoms with Crippen LogP contribution in [0.4, 0.5) is 22.9 Å². The molecule has 1 aromatic heterocycles. The number of amides is 2. The van der Waals surface area contributed by atoms with Crippen molar-refractivity contribution >= 4 is 34.7 Å². The molecule has 0 radical (unpaired) electrons. The average Bonchev–Trinajstić information content (AvgIpc) is 2.91. The predicted molar refractivity (Wildman–Crippen MR) is 133 cm³/mol. The lowest BCUT2D eigenvalue weighted by molar-refractivity contribution is -0.135. The van der Waals surface area contributed by atoms with Gasteiger partial charge >= 0.3 is 0 Å². The van der Waals surface area contributed by atoms with Crippen LogP contribution < -0.4 is 15.1 Å². The van der Waals surface area contributed by atoms with Gasteiger partial charge in [0.1, 0.15) is 5.82 Å². The van der Waals surface area contributed by atoms with Gasteiger partial charge in [-0.25, -0.2) is 4.98 Å². The van der Waals surface area contributed by atoms with Crippen LogP contribution >= 0.6 is 0 Å². The number of likely N-dealkylation sites (tertiary alicyclic amines) is 1. The summed E-state index contributed by atoms with van der Waals surface area (Å²) in [6.07, 6.45) is 6.09. The SMILES string of the molecule is C=CC(=O)N1CC2(CCN2c2ccc3c(c2)N(C(=O)C2CC(C)(C)C2)Cc2cccnc2N3)C1. The highest BCUT2D eigenvalue weighted by atomic mass is 16.2. The van der Waals surface area contributed by atoms with Crippen molar-refractivity contribution in [3.8, 4) is 0 Å². The molecule has 1 saturated carbocycles. The quantitative estimate of drug-likeness (QED) is 0.704. The highest BCUT2D eigenvalue weighted by molar-refractivity contribution is 6.01. The lowest BCUT2D eigenvalue weighted by Gasteiger charge is -2.63. The largest absolute Gasteiger partial charge is 0.362 e. The van der Waals surface area contributed by atoms with E-state index < -0.39 is 0 Å². The number of hydrogen-bond acceptors (Lipinski definition) is 5. The molecule has 3 fully saturated rings. The molecule has 2 saturated heterocycles. The summed E-state index contributed by atoms with van der Waals surface area (Å²) in [7, 11) is 0. The van der Waals surface area contributed by atoms with Crippen molar-refractivity contribution in [2.75, 3.05) is 34.8 Å². The Balaban J connectivity index is 1.33. The minimum atomic E-state index is -0.00550. The number of benzene rings is 1. The number of rotatable bonds is 3. The molecule has 1 N–H and O–H groups in total. The molecule has 2 aromatic rings. The highest BCUT2D eigenvalue weighted by Gasteiger charge is 2.54. The molecule has 1 aliphatic carbocycles. The Morgan fingerprint density at radius 3 is 2.68 bits per heavy atom. The molecule has 0 atom stereocenters. The molecular weight excluding hydrogens is 426 g/mol. The maximum atomic E-state index is 13.7. The highest BCUT2D eigenvalue weighted by Crippen LogP contribution is 2.49. The van der Waals surface area contributed by atoms with Gasteiger partial charge in [0.25, 0.3) is 0 Å². The van der Waals surface area contributed by atoms with E-state index in [9.17, 15) is 9.59 Å². The first-order valence-electron chi connectivity index (χ1n) is 12.1. The summed E-state index contributed by atoms with van der Waals surface area (Å²) in [6.45, 7) is 11.0. The lowest BCUT2D eigenvalue weighted by atomic mass is 9.64. The smallest absolute Gasteiger partial charge is 0.246 e. The van der Waals surface area contributed by atoms with Gasteiger partial charge in [0.15, 0.2) is 0 Å². The molecule has 1 spiro atoms. The Hall–Kier alpha value is -3.35. The van der Waals surface area contributed by atoms with Crippen LogP contribution in [0.15, 0.2) is 49.2 Å². The molecule has 4 aliphatic rings. The average molecular weight is 458 g/mol. The maximum absolute atomic E-state index is 13.7. The van der Waals surface area contributed by atoms with Gasteiger partial charge in [-0.3, -0.25) is 9.59 Å². The number of pyridine rings is 1. The number of aromatic nitrogens is 1. The van der Waals surface area contributed by atoms with E-state index in [1.54, 1.807) is 6.20 Å². The zero-order valence-corrected chi connectivity index (χ0v) is 19.9. The fourth-order valence-electron chi connectivity index (χ4n) is 6.17. The number of carbonyl (C=O) groups is 2. The zero-order valence-electron chi connectivity index (χ0n) is 19.9. The van der Waals surface area contributed by atoms with Gasteiger partial charge in [-0.15, -0.1) is 0 Å². The number of carbonyl (C=O) groups excluding carboxylic acids is 2. The van der Waals surface area contributed by atoms with Crippen molar-refractivity contribution in [1.82, 2.24) is 9.88 Å². The van der Waals surface area contributed by atoms with Crippen molar-refractivity contribution in [3.05, 3.63) is 54.7 Å². The summed E-state index contributed by atoms with van der Waals surface area (Å²) in [6, 6.07) is 10.3. The number of fused-ring (bicyclic) bond motifs is 2. The third-order valence-corrected chi connectivity index (χ3v) is 8.10. The lowest BCUT2D eigenvalue weighted by Crippen LogP contribution is -2.77. The first-order chi connectivity index (χ1) is 16.3. The topological polar surface area (TPSA) is 68.8 Å². The summed E-state index contributed by atoms with van der Waals surface area (Å²) in [5, 5.41) is 3.47. The molecular formula is C27H31N5O2. The number of nitrogens with zero attached hydrogens (tertiary/aromatic N) is 4. The van der Waals surface area contributed by atoms with Gasteiger partial charge in [-0.05, 0) is 55.0 Å². The van der Waals surface area contributed by atoms with Crippen molar-refractivity contribution in [2.45, 2.75) is 45.2 Å². The van der Waals surface area contributed by atoms with Crippen LogP contribution in [0.3, 0.4) is 0 Å². The van der Waals surface area contributed by atoms with Gasteiger partial charge in [0.05, 0.1) is 23.5 Å². The Morgan fingerprint density at radius 1 is 1.21 bits per heavy atom. The van der Waals surface area contributed by atoms with E-state index >= 15 is 0 Å². The van der Waals surface area contributed by atoms with Crippen LogP contribution in [-0.2, 0) is 16.1 Å². The summed E-state index contributed by atoms with van der Waals surface area (Å²) in [4.78, 5) is 36.4. The first-order valence-corrected chi connectivity index (χ1v) is 12.1. The zero-order chi connectivity index (χ0) is 23.7. The Labute approximate surface area is 200 Å². The number of anilines is 4. The van der Waals surface area contributed by atoms with E-state index in [2.05, 4.69) is 53.8 Å². The van der Waals surface area contributed by atoms with E-state index in [1.165, 1.54) is 6.08 Å². The van der Waals surface area contributed by atoms with Gasteiger partial charge < -0.3 is 20.0 Å². The fourth-order valence-corrected chi connectivity index (χ4v) is 6.17. The minimum Gasteiger partial charge on any atom is -0.362 e. The monoisotopic (exact) mass is 457 g/mol. The molecule has 2 amide bonds. The Bertz CT molecular complexity index is 1190. The summed E-state index contributed by atoms with van der Waals surface area (Å²) >= 11 is 0. The summed E-state index contributed by atoms with van der Waals surface area (Å²) in [5.41, 5.74) is 4.17. The molecule has 176 valence electrons. The van der Waals surface area contributed by atoms with Gasteiger partial charge in [0, 0.05) is 43.0 Å². The molecule has 1 aromatic carbocycles. The predicted octanol–water partition coefficient (Wildman–Crippen LogP) is 4.09. The standard InChI is InChI=1S/C27H31N5O2/c1-4-23(33)30-16-27(17-30)9-11-32(27)20-7-8-21-22(12-20)31(25(34)19-13-26(2,3)14-19)15-18-6-5-10-28-24(18)29-21/h4-8,10,12,19H,1,9,11,13-17H2,2-3H3,(H,28,29). The second-order valence-electron chi connectivity index (χ2n) is 11.1. The Morgan fingerprint density at radius 2 is 2.00 bits per heavy atom. The van der Waals surface area contributed by atoms with Crippen LogP contribution in [0.2, 0.25) is 0 Å². The second-order valence-corrected chi connectivity index (χ2v) is 11.1. The van der Waals surface area contributed by atoms with Crippen LogP contribution in [0.1, 0.15) is 38.7 Å². The van der Waals surface area contributed by atoms with Crippen molar-refractivity contribution in [2.24, 2.45) is 11.3 Å². The molecule has 34 heavy (non-hydrogen) atoms. The molecule has 7 nitrogen and oxygen atoms in total. The first kappa shape index (κ1) is 21.2. The Kier molecular flexibility index (Phi) is 4.57. The van der Waals surface area contributed by atoms with E-state index in [1.807, 2.05) is 21.9 Å². The number of hydrogen-bond donors (Lipinski definition) is 1. The molecule has 7 heteroatoms. The summed E-state index contributed by atoms with van der Waals surface area (Å²) in [5.74, 6) is 1.05. The fraction of sp³-hybridized carbons (Fsp3) is 0.444. The van der Waals surface area contributed by atoms with Crippen LogP contribution in [0, 0.1) is 11.3 Å². The molecule has 0 unspecified atom stereocenters. The maximum Gasteiger partial charge on any atom is 0.246 e.